The van der Waals surface area contributed by atoms with Gasteiger partial charge in [0, 0.05) is 30.5 Å². The van der Waals surface area contributed by atoms with Gasteiger partial charge in [0.15, 0.2) is 5.78 Å². The van der Waals surface area contributed by atoms with Gasteiger partial charge in [0.1, 0.15) is 11.5 Å². The van der Waals surface area contributed by atoms with Crippen LogP contribution in [-0.2, 0) is 19.1 Å². The summed E-state index contributed by atoms with van der Waals surface area (Å²) in [4.78, 5) is 40.4. The predicted molar refractivity (Wildman–Crippen MR) is 99.2 cm³/mol. The molecule has 1 aromatic carbocycles. The highest BCUT2D eigenvalue weighted by Crippen LogP contribution is 2.43. The van der Waals surface area contributed by atoms with E-state index in [1.165, 1.54) is 0 Å². The van der Waals surface area contributed by atoms with Crippen molar-refractivity contribution in [2.75, 3.05) is 26.3 Å². The number of Topliss-reactive ketones (excluding diaryl/α,β-unsaturated/α-hetero) is 1. The van der Waals surface area contributed by atoms with Gasteiger partial charge >= 0.3 is 5.97 Å². The molecule has 146 valence electrons. The minimum absolute atomic E-state index is 0.0776. The summed E-state index contributed by atoms with van der Waals surface area (Å²) in [6, 6.07) is 7.35. The zero-order valence-electron chi connectivity index (χ0n) is 16.4. The van der Waals surface area contributed by atoms with Crippen molar-refractivity contribution in [2.24, 2.45) is 17.8 Å². The molecule has 2 heterocycles. The van der Waals surface area contributed by atoms with Gasteiger partial charge in [-0.2, -0.15) is 0 Å². The van der Waals surface area contributed by atoms with Gasteiger partial charge in [-0.15, -0.1) is 0 Å². The van der Waals surface area contributed by atoms with Crippen molar-refractivity contribution in [3.05, 3.63) is 35.4 Å². The molecule has 3 atom stereocenters. The molecule has 27 heavy (non-hydrogen) atoms. The first-order chi connectivity index (χ1) is 12.7. The van der Waals surface area contributed by atoms with Crippen LogP contribution in [0.5, 0.6) is 0 Å². The molecule has 2 aliphatic heterocycles. The molecular weight excluding hydrogens is 346 g/mol. The summed E-state index contributed by atoms with van der Waals surface area (Å²) in [5, 5.41) is 0. The van der Waals surface area contributed by atoms with Crippen LogP contribution in [0, 0.1) is 24.7 Å². The van der Waals surface area contributed by atoms with Crippen molar-refractivity contribution < 1.29 is 23.9 Å². The maximum absolute atomic E-state index is 13.1. The third-order valence-electron chi connectivity index (χ3n) is 5.66. The van der Waals surface area contributed by atoms with Crippen molar-refractivity contribution in [1.82, 2.24) is 4.90 Å². The summed E-state index contributed by atoms with van der Waals surface area (Å²) in [5.74, 6) is -2.88. The molecule has 0 aliphatic carbocycles. The van der Waals surface area contributed by atoms with Gasteiger partial charge in [-0.25, -0.2) is 0 Å². The fraction of sp³-hybridized carbons (Fsp3) is 0.571. The number of rotatable bonds is 4. The van der Waals surface area contributed by atoms with Crippen LogP contribution in [0.2, 0.25) is 0 Å². The summed E-state index contributed by atoms with van der Waals surface area (Å²) < 4.78 is 10.8. The minimum Gasteiger partial charge on any atom is -0.459 e. The Hall–Kier alpha value is -2.21. The number of cyclic esters (lactones) is 1. The van der Waals surface area contributed by atoms with E-state index in [9.17, 15) is 14.4 Å². The molecule has 2 saturated heterocycles. The Morgan fingerprint density at radius 2 is 1.74 bits per heavy atom. The molecule has 1 aromatic rings. The van der Waals surface area contributed by atoms with Crippen LogP contribution in [-0.4, -0.2) is 54.5 Å². The number of carbonyl (C=O) groups excluding carboxylic acids is 3. The van der Waals surface area contributed by atoms with Crippen molar-refractivity contribution in [2.45, 2.75) is 33.3 Å². The second kappa shape index (κ2) is 7.43. The van der Waals surface area contributed by atoms with E-state index in [1.54, 1.807) is 37.8 Å². The lowest BCUT2D eigenvalue weighted by molar-refractivity contribution is -0.153. The molecule has 0 N–H and O–H groups in total. The average Bonchev–Trinajstić information content (AvgIpc) is 2.89. The number of nitrogens with zero attached hydrogens (tertiary/aromatic N) is 1. The molecule has 2 aliphatic rings. The lowest BCUT2D eigenvalue weighted by atomic mass is 9.72. The second-order valence-electron chi connectivity index (χ2n) is 7.98. The number of morpholine rings is 1. The first-order valence-corrected chi connectivity index (χ1v) is 9.42. The predicted octanol–water partition coefficient (Wildman–Crippen LogP) is 2.24. The van der Waals surface area contributed by atoms with E-state index in [1.807, 2.05) is 19.1 Å². The van der Waals surface area contributed by atoms with Crippen LogP contribution in [0.25, 0.3) is 0 Å². The van der Waals surface area contributed by atoms with Crippen LogP contribution in [0.4, 0.5) is 0 Å². The van der Waals surface area contributed by atoms with E-state index in [-0.39, 0.29) is 11.7 Å². The number of carbonyl (C=O) groups is 3. The smallest absolute Gasteiger partial charge is 0.319 e. The molecule has 0 aromatic heterocycles. The highest BCUT2D eigenvalue weighted by atomic mass is 16.6. The van der Waals surface area contributed by atoms with E-state index in [4.69, 9.17) is 9.47 Å². The van der Waals surface area contributed by atoms with E-state index in [2.05, 4.69) is 0 Å². The number of esters is 1. The summed E-state index contributed by atoms with van der Waals surface area (Å²) in [6.45, 7) is 9.13. The van der Waals surface area contributed by atoms with E-state index in [0.717, 1.165) is 5.56 Å². The Morgan fingerprint density at radius 3 is 2.33 bits per heavy atom. The average molecular weight is 373 g/mol. The van der Waals surface area contributed by atoms with Gasteiger partial charge in [-0.1, -0.05) is 36.8 Å². The van der Waals surface area contributed by atoms with Gasteiger partial charge in [0.2, 0.25) is 5.91 Å². The molecule has 0 bridgehead atoms. The summed E-state index contributed by atoms with van der Waals surface area (Å²) in [6.07, 6.45) is 0. The largest absolute Gasteiger partial charge is 0.459 e. The van der Waals surface area contributed by atoms with E-state index < -0.39 is 29.3 Å². The molecule has 2 fully saturated rings. The highest BCUT2D eigenvalue weighted by molar-refractivity contribution is 6.03. The van der Waals surface area contributed by atoms with Crippen LogP contribution < -0.4 is 0 Å². The molecule has 0 unspecified atom stereocenters. The summed E-state index contributed by atoms with van der Waals surface area (Å²) in [7, 11) is 0. The van der Waals surface area contributed by atoms with Crippen LogP contribution in [0.1, 0.15) is 36.7 Å². The lowest BCUT2D eigenvalue weighted by Crippen LogP contribution is -2.49. The maximum Gasteiger partial charge on any atom is 0.319 e. The molecule has 0 radical (unpaired) electrons. The zero-order valence-corrected chi connectivity index (χ0v) is 16.4. The molecule has 3 rings (SSSR count). The molecular formula is C21H27NO5. The van der Waals surface area contributed by atoms with Gasteiger partial charge in [0.25, 0.3) is 0 Å². The Balaban J connectivity index is 1.88. The SMILES string of the molecule is Cc1ccc(C(=O)[C@H](C)[C@H]2[C@H](C(=O)N3CCOCC3)C(=O)OC2(C)C)cc1. The minimum atomic E-state index is -0.956. The van der Waals surface area contributed by atoms with Crippen molar-refractivity contribution >= 4 is 17.7 Å². The third-order valence-corrected chi connectivity index (χ3v) is 5.66. The van der Waals surface area contributed by atoms with Crippen molar-refractivity contribution in [1.29, 1.82) is 0 Å². The number of hydrogen-bond donors (Lipinski definition) is 0. The highest BCUT2D eigenvalue weighted by Gasteiger charge is 2.57. The Bertz CT molecular complexity index is 733. The first-order valence-electron chi connectivity index (χ1n) is 9.42. The van der Waals surface area contributed by atoms with E-state index >= 15 is 0 Å². The summed E-state index contributed by atoms with van der Waals surface area (Å²) in [5.41, 5.74) is 0.767. The monoisotopic (exact) mass is 373 g/mol. The molecule has 1 amide bonds. The van der Waals surface area contributed by atoms with Crippen LogP contribution in [0.3, 0.4) is 0 Å². The third kappa shape index (κ3) is 3.76. The fourth-order valence-corrected chi connectivity index (χ4v) is 4.21. The number of ether oxygens (including phenoxy) is 2. The summed E-state index contributed by atoms with van der Waals surface area (Å²) >= 11 is 0. The van der Waals surface area contributed by atoms with Gasteiger partial charge in [-0.3, -0.25) is 14.4 Å². The van der Waals surface area contributed by atoms with Crippen molar-refractivity contribution in [3.8, 4) is 0 Å². The molecule has 0 spiro atoms. The van der Waals surface area contributed by atoms with Crippen molar-refractivity contribution in [3.63, 3.8) is 0 Å². The topological polar surface area (TPSA) is 72.9 Å². The standard InChI is InChI=1S/C21H27NO5/c1-13-5-7-15(8-6-13)18(23)14(2)17-16(20(25)27-21(17,3)4)19(24)22-9-11-26-12-10-22/h5-8,14,16-17H,9-12H2,1-4H3/t14-,16-,17+/m1/s1. The number of aryl methyl sites for hydroxylation is 1. The molecule has 6 nitrogen and oxygen atoms in total. The van der Waals surface area contributed by atoms with Gasteiger partial charge in [0.05, 0.1) is 13.2 Å². The number of hydrogen-bond acceptors (Lipinski definition) is 5. The lowest BCUT2D eigenvalue weighted by Gasteiger charge is -2.34. The first kappa shape index (κ1) is 19.5. The zero-order chi connectivity index (χ0) is 19.8. The maximum atomic E-state index is 13.1. The number of ketones is 1. The van der Waals surface area contributed by atoms with Crippen LogP contribution >= 0.6 is 0 Å². The number of benzene rings is 1. The quantitative estimate of drug-likeness (QED) is 0.460. The normalized spacial score (nSPS) is 25.8. The molecule has 6 heteroatoms. The Labute approximate surface area is 159 Å². The Kier molecular flexibility index (Phi) is 5.38. The molecule has 0 saturated carbocycles. The van der Waals surface area contributed by atoms with Crippen LogP contribution in [0.15, 0.2) is 24.3 Å². The second-order valence-corrected chi connectivity index (χ2v) is 7.98. The fourth-order valence-electron chi connectivity index (χ4n) is 4.21. The Morgan fingerprint density at radius 1 is 1.15 bits per heavy atom. The van der Waals surface area contributed by atoms with Gasteiger partial charge < -0.3 is 14.4 Å². The number of amides is 1. The van der Waals surface area contributed by atoms with E-state index in [0.29, 0.717) is 31.9 Å². The van der Waals surface area contributed by atoms with Gasteiger partial charge in [-0.05, 0) is 20.8 Å².